The summed E-state index contributed by atoms with van der Waals surface area (Å²) in [5.74, 6) is 0.631. The number of benzene rings is 1. The highest BCUT2D eigenvalue weighted by molar-refractivity contribution is 5.97. The molecule has 0 saturated heterocycles. The molecule has 0 bridgehead atoms. The standard InChI is InChI=1S/C13H16N6O2/c1-19(7-11-15-8-16-17-11)12(20)6-9-2-4-10(5-3-9)13(14)18-21/h2-5,8,21H,6-7H2,1H3,(H2,14,18)(H,15,16,17). The van der Waals surface area contributed by atoms with Gasteiger partial charge in [-0.15, -0.1) is 0 Å². The van der Waals surface area contributed by atoms with Gasteiger partial charge in [0.15, 0.2) is 5.84 Å². The number of amides is 1. The summed E-state index contributed by atoms with van der Waals surface area (Å²) < 4.78 is 0. The molecule has 0 aliphatic carbocycles. The van der Waals surface area contributed by atoms with Crippen molar-refractivity contribution in [2.45, 2.75) is 13.0 Å². The summed E-state index contributed by atoms with van der Waals surface area (Å²) in [6.07, 6.45) is 1.67. The van der Waals surface area contributed by atoms with Gasteiger partial charge in [-0.3, -0.25) is 9.89 Å². The Kier molecular flexibility index (Phi) is 4.50. The van der Waals surface area contributed by atoms with Crippen molar-refractivity contribution in [2.75, 3.05) is 7.05 Å². The van der Waals surface area contributed by atoms with Crippen molar-refractivity contribution in [1.82, 2.24) is 20.1 Å². The number of aromatic nitrogens is 3. The maximum atomic E-state index is 12.1. The molecule has 0 fully saturated rings. The summed E-state index contributed by atoms with van der Waals surface area (Å²) in [6, 6.07) is 6.95. The molecule has 2 rings (SSSR count). The number of amidine groups is 1. The minimum Gasteiger partial charge on any atom is -0.409 e. The molecule has 2 aromatic rings. The van der Waals surface area contributed by atoms with Crippen molar-refractivity contribution in [2.24, 2.45) is 10.9 Å². The average Bonchev–Trinajstić information content (AvgIpc) is 3.00. The summed E-state index contributed by atoms with van der Waals surface area (Å²) >= 11 is 0. The van der Waals surface area contributed by atoms with Crippen molar-refractivity contribution < 1.29 is 10.0 Å². The average molecular weight is 288 g/mol. The summed E-state index contributed by atoms with van der Waals surface area (Å²) in [4.78, 5) is 17.6. The Balaban J connectivity index is 1.96. The molecule has 1 aromatic carbocycles. The van der Waals surface area contributed by atoms with Crippen LogP contribution < -0.4 is 5.73 Å². The Bertz CT molecular complexity index is 621. The summed E-state index contributed by atoms with van der Waals surface area (Å²) in [7, 11) is 1.70. The number of carbonyl (C=O) groups excluding carboxylic acids is 1. The largest absolute Gasteiger partial charge is 0.409 e. The lowest BCUT2D eigenvalue weighted by molar-refractivity contribution is -0.129. The number of likely N-dealkylation sites (N-methyl/N-ethyl adjacent to an activating group) is 1. The van der Waals surface area contributed by atoms with Crippen LogP contribution in [0.1, 0.15) is 17.0 Å². The number of nitrogens with zero attached hydrogens (tertiary/aromatic N) is 4. The lowest BCUT2D eigenvalue weighted by atomic mass is 10.1. The molecule has 0 saturated carbocycles. The first kappa shape index (κ1) is 14.5. The van der Waals surface area contributed by atoms with Crippen LogP contribution in [0.4, 0.5) is 0 Å². The van der Waals surface area contributed by atoms with Crippen LogP contribution in [0.15, 0.2) is 35.7 Å². The van der Waals surface area contributed by atoms with E-state index in [0.29, 0.717) is 17.9 Å². The third-order valence-corrected chi connectivity index (χ3v) is 2.99. The third-order valence-electron chi connectivity index (χ3n) is 2.99. The van der Waals surface area contributed by atoms with Gasteiger partial charge in [-0.2, -0.15) is 5.10 Å². The highest BCUT2D eigenvalue weighted by atomic mass is 16.4. The van der Waals surface area contributed by atoms with E-state index in [9.17, 15) is 4.79 Å². The molecule has 8 heteroatoms. The number of rotatable bonds is 5. The highest BCUT2D eigenvalue weighted by Gasteiger charge is 2.11. The smallest absolute Gasteiger partial charge is 0.227 e. The zero-order chi connectivity index (χ0) is 15.2. The van der Waals surface area contributed by atoms with Crippen LogP contribution >= 0.6 is 0 Å². The fourth-order valence-corrected chi connectivity index (χ4v) is 1.78. The maximum Gasteiger partial charge on any atom is 0.227 e. The fourth-order valence-electron chi connectivity index (χ4n) is 1.78. The molecule has 8 nitrogen and oxygen atoms in total. The molecule has 0 aliphatic rings. The molecule has 0 atom stereocenters. The van der Waals surface area contributed by atoms with Crippen LogP contribution in [0.2, 0.25) is 0 Å². The van der Waals surface area contributed by atoms with E-state index in [1.165, 1.54) is 6.33 Å². The zero-order valence-corrected chi connectivity index (χ0v) is 11.5. The van der Waals surface area contributed by atoms with Gasteiger partial charge in [0.2, 0.25) is 5.91 Å². The minimum absolute atomic E-state index is 0.0373. The number of nitrogens with two attached hydrogens (primary N) is 1. The SMILES string of the molecule is CN(Cc1ncn[nH]1)C(=O)Cc1ccc(C(N)=NO)cc1. The van der Waals surface area contributed by atoms with Gasteiger partial charge in [0.1, 0.15) is 12.2 Å². The van der Waals surface area contributed by atoms with Crippen molar-refractivity contribution in [3.63, 3.8) is 0 Å². The summed E-state index contributed by atoms with van der Waals surface area (Å²) in [6.45, 7) is 0.376. The Morgan fingerprint density at radius 3 is 2.71 bits per heavy atom. The minimum atomic E-state index is -0.0389. The molecule has 0 spiro atoms. The van der Waals surface area contributed by atoms with E-state index in [0.717, 1.165) is 5.56 Å². The van der Waals surface area contributed by atoms with E-state index in [2.05, 4.69) is 20.3 Å². The lowest BCUT2D eigenvalue weighted by Gasteiger charge is -2.15. The molecule has 110 valence electrons. The van der Waals surface area contributed by atoms with Gasteiger partial charge >= 0.3 is 0 Å². The zero-order valence-electron chi connectivity index (χ0n) is 11.5. The molecule has 4 N–H and O–H groups in total. The summed E-state index contributed by atoms with van der Waals surface area (Å²) in [5.41, 5.74) is 6.92. The topological polar surface area (TPSA) is 120 Å². The van der Waals surface area contributed by atoms with Gasteiger partial charge in [0.05, 0.1) is 13.0 Å². The Hall–Kier alpha value is -2.90. The highest BCUT2D eigenvalue weighted by Crippen LogP contribution is 2.07. The number of aromatic amines is 1. The number of hydrogen-bond acceptors (Lipinski definition) is 5. The van der Waals surface area contributed by atoms with Gasteiger partial charge in [0.25, 0.3) is 0 Å². The molecule has 21 heavy (non-hydrogen) atoms. The molecular weight excluding hydrogens is 272 g/mol. The Morgan fingerprint density at radius 1 is 1.43 bits per heavy atom. The Morgan fingerprint density at radius 2 is 2.14 bits per heavy atom. The quantitative estimate of drug-likeness (QED) is 0.312. The second-order valence-electron chi connectivity index (χ2n) is 4.54. The van der Waals surface area contributed by atoms with Gasteiger partial charge in [-0.1, -0.05) is 29.4 Å². The number of hydrogen-bond donors (Lipinski definition) is 3. The lowest BCUT2D eigenvalue weighted by Crippen LogP contribution is -2.28. The van der Waals surface area contributed by atoms with E-state index >= 15 is 0 Å². The van der Waals surface area contributed by atoms with Gasteiger partial charge in [0, 0.05) is 12.6 Å². The first-order chi connectivity index (χ1) is 10.1. The second-order valence-corrected chi connectivity index (χ2v) is 4.54. The van der Waals surface area contributed by atoms with Gasteiger partial charge in [-0.25, -0.2) is 4.98 Å². The summed E-state index contributed by atoms with van der Waals surface area (Å²) in [5, 5.41) is 18.0. The van der Waals surface area contributed by atoms with E-state index in [4.69, 9.17) is 10.9 Å². The molecule has 1 amide bonds. The Labute approximate surface area is 121 Å². The number of oxime groups is 1. The van der Waals surface area contributed by atoms with Crippen LogP contribution in [0.25, 0.3) is 0 Å². The first-order valence-corrected chi connectivity index (χ1v) is 6.25. The number of nitrogens with one attached hydrogen (secondary N) is 1. The molecule has 0 aliphatic heterocycles. The molecule has 0 radical (unpaired) electrons. The van der Waals surface area contributed by atoms with Crippen LogP contribution in [0.3, 0.4) is 0 Å². The fraction of sp³-hybridized carbons (Fsp3) is 0.231. The predicted molar refractivity (Wildman–Crippen MR) is 75.5 cm³/mol. The molecule has 1 heterocycles. The molecular formula is C13H16N6O2. The molecule has 1 aromatic heterocycles. The van der Waals surface area contributed by atoms with Crippen LogP contribution in [0, 0.1) is 0 Å². The van der Waals surface area contributed by atoms with Crippen molar-refractivity contribution in [3.05, 3.63) is 47.5 Å². The monoisotopic (exact) mass is 288 g/mol. The van der Waals surface area contributed by atoms with Crippen LogP contribution in [-0.2, 0) is 17.8 Å². The second kappa shape index (κ2) is 6.51. The number of carbonyl (C=O) groups is 1. The van der Waals surface area contributed by atoms with E-state index in [-0.39, 0.29) is 18.2 Å². The van der Waals surface area contributed by atoms with Crippen molar-refractivity contribution in [3.8, 4) is 0 Å². The van der Waals surface area contributed by atoms with Crippen molar-refractivity contribution >= 4 is 11.7 Å². The number of H-pyrrole nitrogens is 1. The van der Waals surface area contributed by atoms with Gasteiger partial charge < -0.3 is 15.8 Å². The van der Waals surface area contributed by atoms with Gasteiger partial charge in [-0.05, 0) is 5.56 Å². The van der Waals surface area contributed by atoms with E-state index < -0.39 is 0 Å². The normalized spacial score (nSPS) is 11.4. The predicted octanol–water partition coefficient (Wildman–Crippen LogP) is 0.100. The van der Waals surface area contributed by atoms with E-state index in [1.807, 2.05) is 0 Å². The maximum absolute atomic E-state index is 12.1. The van der Waals surface area contributed by atoms with Crippen LogP contribution in [-0.4, -0.2) is 44.1 Å². The van der Waals surface area contributed by atoms with Crippen molar-refractivity contribution in [1.29, 1.82) is 0 Å². The van der Waals surface area contributed by atoms with E-state index in [1.54, 1.807) is 36.2 Å². The van der Waals surface area contributed by atoms with Crippen LogP contribution in [0.5, 0.6) is 0 Å². The third kappa shape index (κ3) is 3.78. The molecule has 0 unspecified atom stereocenters. The first-order valence-electron chi connectivity index (χ1n) is 6.25.